The smallest absolute Gasteiger partial charge is 0.105 e. The van der Waals surface area contributed by atoms with Crippen molar-refractivity contribution in [2.45, 2.75) is 4.90 Å². The third-order valence-electron chi connectivity index (χ3n) is 1.52. The average molecular weight is 165 g/mol. The predicted octanol–water partition coefficient (Wildman–Crippen LogP) is 1.68. The normalized spacial score (nSPS) is 10.6. The maximum atomic E-state index is 4.17. The largest absolute Gasteiger partial charge is 0.343 e. The van der Waals surface area contributed by atoms with Gasteiger partial charge in [-0.1, -0.05) is 0 Å². The molecule has 0 aliphatic rings. The van der Waals surface area contributed by atoms with Crippen molar-refractivity contribution in [2.75, 3.05) is 6.26 Å². The monoisotopic (exact) mass is 165 g/mol. The second-order valence-corrected chi connectivity index (χ2v) is 2.99. The molecule has 0 fully saturated rings. The van der Waals surface area contributed by atoms with E-state index in [1.54, 1.807) is 24.3 Å². The number of aromatic amines is 1. The van der Waals surface area contributed by atoms with Crippen molar-refractivity contribution >= 4 is 22.8 Å². The Labute approximate surface area is 68.2 Å². The van der Waals surface area contributed by atoms with Crippen LogP contribution in [0.5, 0.6) is 0 Å². The molecule has 3 nitrogen and oxygen atoms in total. The van der Waals surface area contributed by atoms with E-state index in [1.807, 2.05) is 12.5 Å². The van der Waals surface area contributed by atoms with Crippen LogP contribution in [0, 0.1) is 0 Å². The first-order chi connectivity index (χ1) is 5.42. The summed E-state index contributed by atoms with van der Waals surface area (Å²) in [6, 6.07) is 0. The number of thioether (sulfide) groups is 1. The predicted molar refractivity (Wildman–Crippen MR) is 45.7 cm³/mol. The Hall–Kier alpha value is -1.03. The summed E-state index contributed by atoms with van der Waals surface area (Å²) < 4.78 is 0. The second kappa shape index (κ2) is 2.54. The lowest BCUT2D eigenvalue weighted by atomic mass is 10.4. The molecule has 0 aromatic carbocycles. The first-order valence-corrected chi connectivity index (χ1v) is 4.45. The van der Waals surface area contributed by atoms with Gasteiger partial charge in [-0.05, 0) is 6.26 Å². The molecule has 0 aliphatic carbocycles. The Bertz CT molecular complexity index is 368. The summed E-state index contributed by atoms with van der Waals surface area (Å²) in [7, 11) is 0. The molecule has 0 unspecified atom stereocenters. The molecular weight excluding hydrogens is 158 g/mol. The van der Waals surface area contributed by atoms with Crippen molar-refractivity contribution in [2.24, 2.45) is 0 Å². The third-order valence-corrected chi connectivity index (χ3v) is 2.26. The Balaban J connectivity index is 2.79. The zero-order valence-electron chi connectivity index (χ0n) is 6.03. The van der Waals surface area contributed by atoms with Gasteiger partial charge in [0.1, 0.15) is 5.52 Å². The van der Waals surface area contributed by atoms with E-state index in [1.165, 1.54) is 0 Å². The molecule has 0 aliphatic heterocycles. The van der Waals surface area contributed by atoms with Crippen LogP contribution in [0.25, 0.3) is 11.0 Å². The number of pyridine rings is 1. The zero-order valence-corrected chi connectivity index (χ0v) is 6.85. The van der Waals surface area contributed by atoms with Gasteiger partial charge in [0.25, 0.3) is 0 Å². The Morgan fingerprint density at radius 1 is 1.45 bits per heavy atom. The quantitative estimate of drug-likeness (QED) is 0.654. The topological polar surface area (TPSA) is 41.6 Å². The highest BCUT2D eigenvalue weighted by Gasteiger charge is 2.00. The molecule has 2 rings (SSSR count). The molecule has 1 N–H and O–H groups in total. The van der Waals surface area contributed by atoms with E-state index in [-0.39, 0.29) is 0 Å². The first kappa shape index (κ1) is 6.67. The lowest BCUT2D eigenvalue weighted by Gasteiger charge is -1.93. The molecule has 4 heteroatoms. The van der Waals surface area contributed by atoms with Gasteiger partial charge in [0.05, 0.1) is 22.9 Å². The standard InChI is InChI=1S/C7H7N3S/c1-11-6-3-8-2-5-7(6)10-4-9-5/h2-4H,1H3,(H,9,10). The Morgan fingerprint density at radius 2 is 2.36 bits per heavy atom. The summed E-state index contributed by atoms with van der Waals surface area (Å²) in [5, 5.41) is 0. The highest BCUT2D eigenvalue weighted by atomic mass is 32.2. The van der Waals surface area contributed by atoms with Gasteiger partial charge in [-0.25, -0.2) is 4.98 Å². The van der Waals surface area contributed by atoms with Crippen LogP contribution in [-0.2, 0) is 0 Å². The highest BCUT2D eigenvalue weighted by molar-refractivity contribution is 7.98. The van der Waals surface area contributed by atoms with E-state index in [0.29, 0.717) is 0 Å². The summed E-state index contributed by atoms with van der Waals surface area (Å²) in [5.41, 5.74) is 2.00. The van der Waals surface area contributed by atoms with Crippen LogP contribution < -0.4 is 0 Å². The number of rotatable bonds is 1. The number of H-pyrrole nitrogens is 1. The molecule has 0 amide bonds. The number of aromatic nitrogens is 3. The van der Waals surface area contributed by atoms with Gasteiger partial charge in [-0.15, -0.1) is 11.8 Å². The summed E-state index contributed by atoms with van der Waals surface area (Å²) in [4.78, 5) is 12.4. The number of imidazole rings is 1. The maximum Gasteiger partial charge on any atom is 0.105 e. The fourth-order valence-corrected chi connectivity index (χ4v) is 1.51. The molecule has 0 saturated carbocycles. The molecule has 0 saturated heterocycles. The van der Waals surface area contributed by atoms with E-state index < -0.39 is 0 Å². The van der Waals surface area contributed by atoms with E-state index in [2.05, 4.69) is 15.0 Å². The fourth-order valence-electron chi connectivity index (χ4n) is 0.989. The van der Waals surface area contributed by atoms with Gasteiger partial charge < -0.3 is 4.98 Å². The maximum absolute atomic E-state index is 4.17. The van der Waals surface area contributed by atoms with Crippen LogP contribution in [-0.4, -0.2) is 21.2 Å². The van der Waals surface area contributed by atoms with Crippen molar-refractivity contribution < 1.29 is 0 Å². The number of hydrogen-bond donors (Lipinski definition) is 1. The molecule has 56 valence electrons. The van der Waals surface area contributed by atoms with Crippen LogP contribution in [0.15, 0.2) is 23.6 Å². The molecule has 11 heavy (non-hydrogen) atoms. The van der Waals surface area contributed by atoms with Crippen molar-refractivity contribution in [3.05, 3.63) is 18.7 Å². The fraction of sp³-hybridized carbons (Fsp3) is 0.143. The van der Waals surface area contributed by atoms with Gasteiger partial charge >= 0.3 is 0 Å². The van der Waals surface area contributed by atoms with Crippen molar-refractivity contribution in [3.8, 4) is 0 Å². The van der Waals surface area contributed by atoms with E-state index in [4.69, 9.17) is 0 Å². The number of nitrogens with one attached hydrogen (secondary N) is 1. The highest BCUT2D eigenvalue weighted by Crippen LogP contribution is 2.21. The lowest BCUT2D eigenvalue weighted by Crippen LogP contribution is -1.77. The SMILES string of the molecule is CSc1cncc2[nH]cnc12. The summed E-state index contributed by atoms with van der Waals surface area (Å²) >= 11 is 1.66. The van der Waals surface area contributed by atoms with Crippen LogP contribution in [0.3, 0.4) is 0 Å². The van der Waals surface area contributed by atoms with Gasteiger partial charge in [0.15, 0.2) is 0 Å². The van der Waals surface area contributed by atoms with Gasteiger partial charge in [0, 0.05) is 6.20 Å². The van der Waals surface area contributed by atoms with Crippen molar-refractivity contribution in [3.63, 3.8) is 0 Å². The summed E-state index contributed by atoms with van der Waals surface area (Å²) in [6.45, 7) is 0. The molecular formula is C7H7N3S. The van der Waals surface area contributed by atoms with Crippen LogP contribution in [0.2, 0.25) is 0 Å². The lowest BCUT2D eigenvalue weighted by molar-refractivity contribution is 1.27. The van der Waals surface area contributed by atoms with E-state index in [0.717, 1.165) is 15.9 Å². The molecule has 0 atom stereocenters. The van der Waals surface area contributed by atoms with Gasteiger partial charge in [-0.3, -0.25) is 4.98 Å². The van der Waals surface area contributed by atoms with Crippen LogP contribution >= 0.6 is 11.8 Å². The van der Waals surface area contributed by atoms with Crippen LogP contribution in [0.4, 0.5) is 0 Å². The Kier molecular flexibility index (Phi) is 1.54. The molecule has 0 radical (unpaired) electrons. The molecule has 2 aromatic heterocycles. The summed E-state index contributed by atoms with van der Waals surface area (Å²) in [6.07, 6.45) is 7.31. The minimum Gasteiger partial charge on any atom is -0.343 e. The number of fused-ring (bicyclic) bond motifs is 1. The zero-order chi connectivity index (χ0) is 7.68. The summed E-state index contributed by atoms with van der Waals surface area (Å²) in [5.74, 6) is 0. The van der Waals surface area contributed by atoms with Crippen LogP contribution in [0.1, 0.15) is 0 Å². The number of hydrogen-bond acceptors (Lipinski definition) is 3. The first-order valence-electron chi connectivity index (χ1n) is 3.23. The average Bonchev–Trinajstić information content (AvgIpc) is 2.50. The van der Waals surface area contributed by atoms with E-state index >= 15 is 0 Å². The van der Waals surface area contributed by atoms with E-state index in [9.17, 15) is 0 Å². The minimum absolute atomic E-state index is 0.997. The third kappa shape index (κ3) is 0.991. The molecule has 2 aromatic rings. The second-order valence-electron chi connectivity index (χ2n) is 2.14. The molecule has 0 spiro atoms. The number of nitrogens with zero attached hydrogens (tertiary/aromatic N) is 2. The van der Waals surface area contributed by atoms with Crippen molar-refractivity contribution in [1.82, 2.24) is 15.0 Å². The van der Waals surface area contributed by atoms with Gasteiger partial charge in [0.2, 0.25) is 0 Å². The Morgan fingerprint density at radius 3 is 3.18 bits per heavy atom. The molecule has 2 heterocycles. The molecule has 0 bridgehead atoms. The van der Waals surface area contributed by atoms with Gasteiger partial charge in [-0.2, -0.15) is 0 Å². The minimum atomic E-state index is 0.997. The van der Waals surface area contributed by atoms with Crippen molar-refractivity contribution in [1.29, 1.82) is 0 Å².